The maximum atomic E-state index is 10.8. The summed E-state index contributed by atoms with van der Waals surface area (Å²) in [4.78, 5) is 10.8. The van der Waals surface area contributed by atoms with Crippen LogP contribution in [0.2, 0.25) is 0 Å². The Morgan fingerprint density at radius 2 is 2.31 bits per heavy atom. The van der Waals surface area contributed by atoms with E-state index in [1.165, 1.54) is 16.4 Å². The Balaban J connectivity index is 2.35. The lowest BCUT2D eigenvalue weighted by Crippen LogP contribution is -2.21. The molecule has 2 rings (SSSR count). The van der Waals surface area contributed by atoms with Crippen LogP contribution in [0.4, 0.5) is 0 Å². The lowest BCUT2D eigenvalue weighted by molar-refractivity contribution is -0.129. The average Bonchev–Trinajstić information content (AvgIpc) is 2.60. The van der Waals surface area contributed by atoms with E-state index in [2.05, 4.69) is 29.1 Å². The molecule has 0 unspecified atom stereocenters. The number of hydrogen-bond donors (Lipinski definition) is 1. The third kappa shape index (κ3) is 2.08. The molecule has 1 aliphatic rings. The average molecular weight is 240 g/mol. The molecule has 6 nitrogen and oxygen atoms in total. The van der Waals surface area contributed by atoms with Gasteiger partial charge in [-0.25, -0.2) is 4.79 Å². The zero-order valence-corrected chi connectivity index (χ0v) is 9.86. The smallest absolute Gasteiger partial charge is 0.352 e. The Labute approximate surface area is 96.8 Å². The summed E-state index contributed by atoms with van der Waals surface area (Å²) >= 11 is 1.35. The number of aliphatic carboxylic acids is 1. The molecule has 1 aromatic rings. The molecule has 0 aliphatic carbocycles. The van der Waals surface area contributed by atoms with Crippen LogP contribution in [0.15, 0.2) is 10.3 Å². The Morgan fingerprint density at radius 3 is 2.94 bits per heavy atom. The van der Waals surface area contributed by atoms with Crippen LogP contribution in [0.3, 0.4) is 0 Å². The van der Waals surface area contributed by atoms with Gasteiger partial charge >= 0.3 is 5.97 Å². The van der Waals surface area contributed by atoms with E-state index in [1.54, 1.807) is 0 Å². The second kappa shape index (κ2) is 4.25. The van der Waals surface area contributed by atoms with E-state index in [0.717, 1.165) is 12.2 Å². The van der Waals surface area contributed by atoms with E-state index in [0.29, 0.717) is 16.8 Å². The highest BCUT2D eigenvalue weighted by Crippen LogP contribution is 2.22. The number of hydrogen-bond acceptors (Lipinski definition) is 5. The topological polar surface area (TPSA) is 80.4 Å². The van der Waals surface area contributed by atoms with Gasteiger partial charge in [-0.1, -0.05) is 25.6 Å². The van der Waals surface area contributed by atoms with Crippen LogP contribution in [-0.4, -0.2) is 37.4 Å². The van der Waals surface area contributed by atoms with Gasteiger partial charge in [0, 0.05) is 6.42 Å². The molecule has 0 saturated heterocycles. The Bertz CT molecular complexity index is 452. The molecule has 0 atom stereocenters. The molecule has 16 heavy (non-hydrogen) atoms. The summed E-state index contributed by atoms with van der Waals surface area (Å²) < 4.78 is 1.54. The molecule has 2 heterocycles. The van der Waals surface area contributed by atoms with Gasteiger partial charge in [0.25, 0.3) is 0 Å². The van der Waals surface area contributed by atoms with Crippen LogP contribution < -0.4 is 0 Å². The molecule has 7 heteroatoms. The predicted molar refractivity (Wildman–Crippen MR) is 59.8 cm³/mol. The highest BCUT2D eigenvalue weighted by Gasteiger charge is 2.22. The Hall–Kier alpha value is -1.37. The summed E-state index contributed by atoms with van der Waals surface area (Å²) in [6, 6.07) is 0. The summed E-state index contributed by atoms with van der Waals surface area (Å²) in [5.74, 6) is 0.511. The summed E-state index contributed by atoms with van der Waals surface area (Å²) in [6.45, 7) is 4.14. The van der Waals surface area contributed by atoms with E-state index in [1.807, 2.05) is 0 Å². The summed E-state index contributed by atoms with van der Waals surface area (Å²) in [6.07, 6.45) is 0.740. The first-order valence-electron chi connectivity index (χ1n) is 4.96. The molecule has 86 valence electrons. The second-order valence-corrected chi connectivity index (χ2v) is 4.89. The van der Waals surface area contributed by atoms with E-state index in [9.17, 15) is 4.79 Å². The molecule has 0 saturated carbocycles. The lowest BCUT2D eigenvalue weighted by atomic mass is 10.1. The maximum Gasteiger partial charge on any atom is 0.352 e. The number of rotatable bonds is 3. The van der Waals surface area contributed by atoms with Crippen LogP contribution in [0, 0.1) is 5.92 Å². The molecule has 1 aliphatic heterocycles. The fourth-order valence-electron chi connectivity index (χ4n) is 1.37. The fourth-order valence-corrected chi connectivity index (χ4v) is 2.18. The van der Waals surface area contributed by atoms with Crippen molar-refractivity contribution in [2.75, 3.05) is 5.75 Å². The SMILES string of the molecule is CC(C)Cc1nnc2n1N=C(C(=O)O)CS2. The number of carboxylic acids is 1. The van der Waals surface area contributed by atoms with E-state index in [4.69, 9.17) is 5.11 Å². The van der Waals surface area contributed by atoms with Crippen molar-refractivity contribution in [2.24, 2.45) is 11.0 Å². The number of carbonyl (C=O) groups is 1. The third-order valence-electron chi connectivity index (χ3n) is 2.07. The van der Waals surface area contributed by atoms with Crippen LogP contribution in [0.25, 0.3) is 0 Å². The van der Waals surface area contributed by atoms with Crippen molar-refractivity contribution >= 4 is 23.4 Å². The first-order chi connectivity index (χ1) is 7.58. The van der Waals surface area contributed by atoms with Gasteiger partial charge in [0.05, 0.1) is 5.75 Å². The monoisotopic (exact) mass is 240 g/mol. The minimum atomic E-state index is -0.984. The first kappa shape index (κ1) is 11.1. The summed E-state index contributed by atoms with van der Waals surface area (Å²) in [5, 5.41) is 21.6. The highest BCUT2D eigenvalue weighted by atomic mass is 32.2. The van der Waals surface area contributed by atoms with Crippen LogP contribution in [0.1, 0.15) is 19.7 Å². The molecule has 0 spiro atoms. The first-order valence-corrected chi connectivity index (χ1v) is 5.94. The van der Waals surface area contributed by atoms with Gasteiger partial charge in [-0.05, 0) is 5.92 Å². The van der Waals surface area contributed by atoms with Crippen molar-refractivity contribution in [3.05, 3.63) is 5.82 Å². The number of fused-ring (bicyclic) bond motifs is 1. The number of carboxylic acid groups (broad SMARTS) is 1. The normalized spacial score (nSPS) is 14.8. The minimum absolute atomic E-state index is 0.141. The fraction of sp³-hybridized carbons (Fsp3) is 0.556. The molecule has 0 aromatic carbocycles. The second-order valence-electron chi connectivity index (χ2n) is 3.95. The Kier molecular flexibility index (Phi) is 2.95. The van der Waals surface area contributed by atoms with E-state index < -0.39 is 5.97 Å². The molecule has 0 fully saturated rings. The molecule has 0 radical (unpaired) electrons. The van der Waals surface area contributed by atoms with Crippen molar-refractivity contribution in [2.45, 2.75) is 25.4 Å². The number of aromatic nitrogens is 3. The highest BCUT2D eigenvalue weighted by molar-refractivity contribution is 8.00. The third-order valence-corrected chi connectivity index (χ3v) is 3.00. The molecule has 0 bridgehead atoms. The zero-order valence-electron chi connectivity index (χ0n) is 9.04. The molecule has 0 amide bonds. The predicted octanol–water partition coefficient (Wildman–Crippen LogP) is 0.871. The van der Waals surface area contributed by atoms with Crippen molar-refractivity contribution in [3.8, 4) is 0 Å². The van der Waals surface area contributed by atoms with Gasteiger partial charge in [-0.3, -0.25) is 0 Å². The number of thioether (sulfide) groups is 1. The van der Waals surface area contributed by atoms with Crippen LogP contribution >= 0.6 is 11.8 Å². The van der Waals surface area contributed by atoms with Gasteiger partial charge in [0.15, 0.2) is 11.5 Å². The van der Waals surface area contributed by atoms with Crippen molar-refractivity contribution in [1.82, 2.24) is 14.9 Å². The molecule has 1 N–H and O–H groups in total. The van der Waals surface area contributed by atoms with Crippen molar-refractivity contribution in [1.29, 1.82) is 0 Å². The van der Waals surface area contributed by atoms with Gasteiger partial charge in [0.1, 0.15) is 0 Å². The molecular formula is C9H12N4O2S. The van der Waals surface area contributed by atoms with Crippen molar-refractivity contribution < 1.29 is 9.90 Å². The van der Waals surface area contributed by atoms with Crippen LogP contribution in [0.5, 0.6) is 0 Å². The van der Waals surface area contributed by atoms with Gasteiger partial charge < -0.3 is 5.11 Å². The molecular weight excluding hydrogens is 228 g/mol. The largest absolute Gasteiger partial charge is 0.477 e. The summed E-state index contributed by atoms with van der Waals surface area (Å²) in [5.41, 5.74) is 0.141. The Morgan fingerprint density at radius 1 is 1.56 bits per heavy atom. The quantitative estimate of drug-likeness (QED) is 0.848. The zero-order chi connectivity index (χ0) is 11.7. The van der Waals surface area contributed by atoms with Gasteiger partial charge in [-0.2, -0.15) is 9.78 Å². The maximum absolute atomic E-state index is 10.8. The van der Waals surface area contributed by atoms with Crippen LogP contribution in [-0.2, 0) is 11.2 Å². The standard InChI is InChI=1S/C9H12N4O2S/c1-5(2)3-7-10-11-9-13(7)12-6(4-16-9)8(14)15/h5H,3-4H2,1-2H3,(H,14,15). The minimum Gasteiger partial charge on any atom is -0.477 e. The number of nitrogens with zero attached hydrogens (tertiary/aromatic N) is 4. The van der Waals surface area contributed by atoms with Gasteiger partial charge in [0.2, 0.25) is 5.16 Å². The van der Waals surface area contributed by atoms with Crippen molar-refractivity contribution in [3.63, 3.8) is 0 Å². The van der Waals surface area contributed by atoms with Gasteiger partial charge in [-0.15, -0.1) is 10.2 Å². The van der Waals surface area contributed by atoms with E-state index >= 15 is 0 Å². The molecule has 1 aromatic heterocycles. The summed E-state index contributed by atoms with van der Waals surface area (Å²) in [7, 11) is 0. The lowest BCUT2D eigenvalue weighted by Gasteiger charge is -2.11. The van der Waals surface area contributed by atoms with E-state index in [-0.39, 0.29) is 5.71 Å².